The fourth-order valence-electron chi connectivity index (χ4n) is 1.82. The maximum atomic E-state index is 9.41. The van der Waals surface area contributed by atoms with Crippen LogP contribution in [0.1, 0.15) is 19.3 Å². The molecule has 1 unspecified atom stereocenters. The van der Waals surface area contributed by atoms with Gasteiger partial charge in [0.2, 0.25) is 0 Å². The minimum absolute atomic E-state index is 0.144. The Morgan fingerprint density at radius 2 is 2.29 bits per heavy atom. The highest BCUT2D eigenvalue weighted by molar-refractivity contribution is 4.88. The van der Waals surface area contributed by atoms with Crippen LogP contribution in [0.5, 0.6) is 0 Å². The Morgan fingerprint density at radius 1 is 1.43 bits per heavy atom. The van der Waals surface area contributed by atoms with Crippen LogP contribution in [0.25, 0.3) is 0 Å². The minimum Gasteiger partial charge on any atom is -0.394 e. The van der Waals surface area contributed by atoms with Crippen LogP contribution in [-0.2, 0) is 9.47 Å². The van der Waals surface area contributed by atoms with Gasteiger partial charge in [-0.3, -0.25) is 0 Å². The van der Waals surface area contributed by atoms with E-state index >= 15 is 0 Å². The van der Waals surface area contributed by atoms with Gasteiger partial charge in [0, 0.05) is 32.4 Å². The summed E-state index contributed by atoms with van der Waals surface area (Å²) in [6.07, 6.45) is 2.88. The highest BCUT2D eigenvalue weighted by Crippen LogP contribution is 2.20. The fourth-order valence-corrected chi connectivity index (χ4v) is 1.82. The summed E-state index contributed by atoms with van der Waals surface area (Å²) in [5.41, 5.74) is -0.144. The summed E-state index contributed by atoms with van der Waals surface area (Å²) in [5.74, 6) is 0. The lowest BCUT2D eigenvalue weighted by molar-refractivity contribution is 0.106. The number of hydrogen-bond donors (Lipinski definition) is 2. The molecular formula is C10H21NO3. The predicted molar refractivity (Wildman–Crippen MR) is 54.4 cm³/mol. The quantitative estimate of drug-likeness (QED) is 0.625. The van der Waals surface area contributed by atoms with Gasteiger partial charge >= 0.3 is 0 Å². The summed E-state index contributed by atoms with van der Waals surface area (Å²) in [7, 11) is 1.68. The summed E-state index contributed by atoms with van der Waals surface area (Å²) < 4.78 is 10.4. The highest BCUT2D eigenvalue weighted by Gasteiger charge is 2.29. The van der Waals surface area contributed by atoms with Crippen LogP contribution < -0.4 is 5.32 Å². The molecule has 1 rings (SSSR count). The zero-order chi connectivity index (χ0) is 10.3. The standard InChI is InChI=1S/C10H21NO3/c1-13-8-5-11-10(9-12)3-2-6-14-7-4-10/h11-12H,2-9H2,1H3. The van der Waals surface area contributed by atoms with Crippen molar-refractivity contribution in [2.75, 3.05) is 40.1 Å². The predicted octanol–water partition coefficient (Wildman–Crippen LogP) is 0.154. The molecule has 0 bridgehead atoms. The molecule has 1 fully saturated rings. The number of ether oxygens (including phenoxy) is 2. The molecule has 1 aliphatic rings. The van der Waals surface area contributed by atoms with Gasteiger partial charge in [-0.1, -0.05) is 0 Å². The van der Waals surface area contributed by atoms with Crippen molar-refractivity contribution in [2.45, 2.75) is 24.8 Å². The second-order valence-corrected chi connectivity index (χ2v) is 3.82. The molecule has 1 aliphatic heterocycles. The van der Waals surface area contributed by atoms with Crippen LogP contribution in [0, 0.1) is 0 Å². The first-order valence-corrected chi connectivity index (χ1v) is 5.25. The smallest absolute Gasteiger partial charge is 0.0614 e. The van der Waals surface area contributed by atoms with Gasteiger partial charge in [0.15, 0.2) is 0 Å². The molecule has 0 radical (unpaired) electrons. The van der Waals surface area contributed by atoms with Gasteiger partial charge in [-0.15, -0.1) is 0 Å². The molecular weight excluding hydrogens is 182 g/mol. The maximum absolute atomic E-state index is 9.41. The molecule has 0 amide bonds. The van der Waals surface area contributed by atoms with E-state index < -0.39 is 0 Å². The third-order valence-electron chi connectivity index (χ3n) is 2.78. The molecule has 4 heteroatoms. The first kappa shape index (κ1) is 11.9. The van der Waals surface area contributed by atoms with Crippen LogP contribution in [0.2, 0.25) is 0 Å². The van der Waals surface area contributed by atoms with Crippen molar-refractivity contribution >= 4 is 0 Å². The molecule has 0 aromatic rings. The first-order valence-electron chi connectivity index (χ1n) is 5.25. The van der Waals surface area contributed by atoms with Gasteiger partial charge in [0.05, 0.1) is 13.2 Å². The van der Waals surface area contributed by atoms with E-state index in [-0.39, 0.29) is 12.1 Å². The largest absolute Gasteiger partial charge is 0.394 e. The maximum Gasteiger partial charge on any atom is 0.0614 e. The van der Waals surface area contributed by atoms with Gasteiger partial charge in [-0.05, 0) is 19.3 Å². The lowest BCUT2D eigenvalue weighted by Gasteiger charge is -2.31. The second kappa shape index (κ2) is 6.35. The Morgan fingerprint density at radius 3 is 3.00 bits per heavy atom. The van der Waals surface area contributed by atoms with E-state index in [1.165, 1.54) is 0 Å². The molecule has 0 aliphatic carbocycles. The van der Waals surface area contributed by atoms with E-state index in [2.05, 4.69) is 5.32 Å². The fraction of sp³-hybridized carbons (Fsp3) is 1.00. The summed E-state index contributed by atoms with van der Waals surface area (Å²) in [6.45, 7) is 3.20. The number of rotatable bonds is 5. The van der Waals surface area contributed by atoms with Crippen LogP contribution in [-0.4, -0.2) is 50.7 Å². The average molecular weight is 203 g/mol. The molecule has 0 aromatic heterocycles. The SMILES string of the molecule is COCCNC1(CO)CCCOCC1. The molecule has 2 N–H and O–H groups in total. The van der Waals surface area contributed by atoms with Gasteiger partial charge in [0.1, 0.15) is 0 Å². The molecule has 84 valence electrons. The number of aliphatic hydroxyl groups is 1. The minimum atomic E-state index is -0.144. The van der Waals surface area contributed by atoms with E-state index in [0.29, 0.717) is 6.61 Å². The molecule has 0 spiro atoms. The van der Waals surface area contributed by atoms with Gasteiger partial charge in [0.25, 0.3) is 0 Å². The van der Waals surface area contributed by atoms with Crippen LogP contribution >= 0.6 is 0 Å². The zero-order valence-corrected chi connectivity index (χ0v) is 8.92. The van der Waals surface area contributed by atoms with Crippen molar-refractivity contribution in [1.29, 1.82) is 0 Å². The third kappa shape index (κ3) is 3.53. The molecule has 1 heterocycles. The van der Waals surface area contributed by atoms with E-state index in [0.717, 1.165) is 39.0 Å². The van der Waals surface area contributed by atoms with Crippen LogP contribution in [0.4, 0.5) is 0 Å². The monoisotopic (exact) mass is 203 g/mol. The lowest BCUT2D eigenvalue weighted by atomic mass is 9.91. The first-order chi connectivity index (χ1) is 6.83. The summed E-state index contributed by atoms with van der Waals surface area (Å²) >= 11 is 0. The Kier molecular flexibility index (Phi) is 5.40. The lowest BCUT2D eigenvalue weighted by Crippen LogP contribution is -2.49. The normalized spacial score (nSPS) is 28.7. The van der Waals surface area contributed by atoms with Crippen LogP contribution in [0.15, 0.2) is 0 Å². The topological polar surface area (TPSA) is 50.7 Å². The van der Waals surface area contributed by atoms with E-state index in [9.17, 15) is 5.11 Å². The van der Waals surface area contributed by atoms with E-state index in [1.807, 2.05) is 0 Å². The number of methoxy groups -OCH3 is 1. The van der Waals surface area contributed by atoms with Gasteiger partial charge in [-0.25, -0.2) is 0 Å². The summed E-state index contributed by atoms with van der Waals surface area (Å²) in [6, 6.07) is 0. The zero-order valence-electron chi connectivity index (χ0n) is 8.92. The molecule has 1 atom stereocenters. The van der Waals surface area contributed by atoms with Gasteiger partial charge < -0.3 is 19.9 Å². The van der Waals surface area contributed by atoms with Crippen molar-refractivity contribution in [3.8, 4) is 0 Å². The van der Waals surface area contributed by atoms with Crippen molar-refractivity contribution in [3.63, 3.8) is 0 Å². The molecule has 0 aromatic carbocycles. The van der Waals surface area contributed by atoms with Gasteiger partial charge in [-0.2, -0.15) is 0 Å². The van der Waals surface area contributed by atoms with Crippen molar-refractivity contribution in [1.82, 2.24) is 5.32 Å². The molecule has 0 saturated carbocycles. The molecule has 1 saturated heterocycles. The number of hydrogen-bond acceptors (Lipinski definition) is 4. The van der Waals surface area contributed by atoms with Crippen molar-refractivity contribution < 1.29 is 14.6 Å². The van der Waals surface area contributed by atoms with E-state index in [1.54, 1.807) is 7.11 Å². The Bertz CT molecular complexity index is 144. The Labute approximate surface area is 85.6 Å². The average Bonchev–Trinajstić information content (AvgIpc) is 2.45. The highest BCUT2D eigenvalue weighted by atomic mass is 16.5. The van der Waals surface area contributed by atoms with Crippen LogP contribution in [0.3, 0.4) is 0 Å². The number of nitrogens with one attached hydrogen (secondary N) is 1. The van der Waals surface area contributed by atoms with Crippen molar-refractivity contribution in [3.05, 3.63) is 0 Å². The molecule has 4 nitrogen and oxygen atoms in total. The Hall–Kier alpha value is -0.160. The summed E-state index contributed by atoms with van der Waals surface area (Å²) in [4.78, 5) is 0. The molecule has 14 heavy (non-hydrogen) atoms. The third-order valence-corrected chi connectivity index (χ3v) is 2.78. The number of aliphatic hydroxyl groups excluding tert-OH is 1. The Balaban J connectivity index is 2.37. The van der Waals surface area contributed by atoms with E-state index in [4.69, 9.17) is 9.47 Å². The summed E-state index contributed by atoms with van der Waals surface area (Å²) in [5, 5.41) is 12.8. The second-order valence-electron chi connectivity index (χ2n) is 3.82. The van der Waals surface area contributed by atoms with Crippen molar-refractivity contribution in [2.24, 2.45) is 0 Å².